The van der Waals surface area contributed by atoms with Crippen molar-refractivity contribution in [2.45, 2.75) is 58.4 Å². The Morgan fingerprint density at radius 1 is 1.15 bits per heavy atom. The SMILES string of the molecule is CCCOc1ccc(/C=C/C(=O)N(CCC(=O)OCC)C2CCCC2)cc1. The third-order valence-electron chi connectivity index (χ3n) is 4.68. The Balaban J connectivity index is 1.96. The highest BCUT2D eigenvalue weighted by atomic mass is 16.5. The average Bonchev–Trinajstić information content (AvgIpc) is 3.20. The van der Waals surface area contributed by atoms with E-state index in [0.717, 1.165) is 43.4 Å². The van der Waals surface area contributed by atoms with Gasteiger partial charge in [-0.05, 0) is 50.0 Å². The van der Waals surface area contributed by atoms with E-state index in [4.69, 9.17) is 9.47 Å². The second-order valence-electron chi connectivity index (χ2n) is 6.78. The molecule has 0 N–H and O–H groups in total. The Morgan fingerprint density at radius 3 is 2.48 bits per heavy atom. The zero-order valence-electron chi connectivity index (χ0n) is 16.5. The van der Waals surface area contributed by atoms with Crippen LogP contribution in [0.25, 0.3) is 6.08 Å². The number of benzene rings is 1. The molecule has 0 spiro atoms. The van der Waals surface area contributed by atoms with Crippen molar-refractivity contribution in [2.24, 2.45) is 0 Å². The summed E-state index contributed by atoms with van der Waals surface area (Å²) in [5.41, 5.74) is 0.948. The molecule has 0 heterocycles. The van der Waals surface area contributed by atoms with Crippen LogP contribution in [0.1, 0.15) is 57.9 Å². The van der Waals surface area contributed by atoms with Gasteiger partial charge in [0.15, 0.2) is 0 Å². The van der Waals surface area contributed by atoms with Gasteiger partial charge in [0.1, 0.15) is 5.75 Å². The normalized spacial score (nSPS) is 14.4. The molecule has 0 aliphatic heterocycles. The van der Waals surface area contributed by atoms with Gasteiger partial charge in [-0.1, -0.05) is 31.9 Å². The van der Waals surface area contributed by atoms with E-state index in [-0.39, 0.29) is 24.3 Å². The van der Waals surface area contributed by atoms with Gasteiger partial charge < -0.3 is 14.4 Å². The molecule has 148 valence electrons. The van der Waals surface area contributed by atoms with Crippen LogP contribution in [0.2, 0.25) is 0 Å². The standard InChI is InChI=1S/C22H31NO4/c1-3-17-27-20-12-9-18(10-13-20)11-14-21(24)23(19-7-5-6-8-19)16-15-22(25)26-4-2/h9-14,19H,3-8,15-17H2,1-2H3/b14-11+. The van der Waals surface area contributed by atoms with Gasteiger partial charge in [-0.2, -0.15) is 0 Å². The number of ether oxygens (including phenoxy) is 2. The fraction of sp³-hybridized carbons (Fsp3) is 0.545. The van der Waals surface area contributed by atoms with Crippen molar-refractivity contribution in [1.29, 1.82) is 0 Å². The Hall–Kier alpha value is -2.30. The molecule has 1 amide bonds. The Kier molecular flexibility index (Phi) is 8.89. The molecule has 0 atom stereocenters. The number of hydrogen-bond acceptors (Lipinski definition) is 4. The van der Waals surface area contributed by atoms with E-state index >= 15 is 0 Å². The molecule has 5 nitrogen and oxygen atoms in total. The van der Waals surface area contributed by atoms with E-state index in [0.29, 0.717) is 19.8 Å². The molecule has 1 fully saturated rings. The van der Waals surface area contributed by atoms with E-state index in [1.807, 2.05) is 35.2 Å². The lowest BCUT2D eigenvalue weighted by Gasteiger charge is -2.27. The van der Waals surface area contributed by atoms with Gasteiger partial charge in [0.2, 0.25) is 5.91 Å². The minimum absolute atomic E-state index is 0.0440. The summed E-state index contributed by atoms with van der Waals surface area (Å²) in [6.45, 7) is 5.34. The Labute approximate surface area is 162 Å². The highest BCUT2D eigenvalue weighted by Gasteiger charge is 2.25. The number of carbonyl (C=O) groups excluding carboxylic acids is 2. The maximum absolute atomic E-state index is 12.7. The van der Waals surface area contributed by atoms with Crippen LogP contribution in [0.5, 0.6) is 5.75 Å². The molecule has 0 saturated heterocycles. The molecule has 27 heavy (non-hydrogen) atoms. The van der Waals surface area contributed by atoms with Gasteiger partial charge in [0, 0.05) is 18.7 Å². The lowest BCUT2D eigenvalue weighted by molar-refractivity contribution is -0.144. The first-order valence-electron chi connectivity index (χ1n) is 10.0. The fourth-order valence-electron chi connectivity index (χ4n) is 3.29. The van der Waals surface area contributed by atoms with Gasteiger partial charge in [-0.3, -0.25) is 9.59 Å². The van der Waals surface area contributed by atoms with E-state index in [1.165, 1.54) is 0 Å². The molecule has 2 rings (SSSR count). The number of carbonyl (C=O) groups is 2. The van der Waals surface area contributed by atoms with Crippen LogP contribution in [0.4, 0.5) is 0 Å². The summed E-state index contributed by atoms with van der Waals surface area (Å²) in [7, 11) is 0. The third-order valence-corrected chi connectivity index (χ3v) is 4.68. The number of rotatable bonds is 10. The molecule has 1 aromatic rings. The summed E-state index contributed by atoms with van der Waals surface area (Å²) < 4.78 is 10.6. The predicted octanol–water partition coefficient (Wildman–Crippen LogP) is 4.21. The first-order valence-corrected chi connectivity index (χ1v) is 10.0. The summed E-state index contributed by atoms with van der Waals surface area (Å²) in [6, 6.07) is 7.92. The molecule has 0 bridgehead atoms. The zero-order valence-corrected chi connectivity index (χ0v) is 16.5. The van der Waals surface area contributed by atoms with Crippen molar-refractivity contribution in [3.8, 4) is 5.75 Å². The highest BCUT2D eigenvalue weighted by molar-refractivity contribution is 5.92. The molecule has 1 saturated carbocycles. The molecule has 0 radical (unpaired) electrons. The van der Waals surface area contributed by atoms with Gasteiger partial charge in [-0.15, -0.1) is 0 Å². The van der Waals surface area contributed by atoms with Crippen LogP contribution in [0, 0.1) is 0 Å². The van der Waals surface area contributed by atoms with Crippen LogP contribution < -0.4 is 4.74 Å². The summed E-state index contributed by atoms with van der Waals surface area (Å²) in [5, 5.41) is 0. The van der Waals surface area contributed by atoms with Crippen molar-refractivity contribution < 1.29 is 19.1 Å². The maximum Gasteiger partial charge on any atom is 0.307 e. The molecule has 0 unspecified atom stereocenters. The summed E-state index contributed by atoms with van der Waals surface area (Å²) in [4.78, 5) is 26.3. The molecule has 1 aromatic carbocycles. The first kappa shape index (κ1) is 21.0. The molecular formula is C22H31NO4. The number of amides is 1. The zero-order chi connectivity index (χ0) is 19.5. The smallest absolute Gasteiger partial charge is 0.307 e. The maximum atomic E-state index is 12.7. The van der Waals surface area contributed by atoms with E-state index < -0.39 is 0 Å². The molecule has 5 heteroatoms. The van der Waals surface area contributed by atoms with Crippen molar-refractivity contribution in [1.82, 2.24) is 4.90 Å². The van der Waals surface area contributed by atoms with Crippen molar-refractivity contribution in [3.63, 3.8) is 0 Å². The molecule has 1 aliphatic rings. The van der Waals surface area contributed by atoms with E-state index in [9.17, 15) is 9.59 Å². The third kappa shape index (κ3) is 7.08. The molecule has 1 aliphatic carbocycles. The van der Waals surface area contributed by atoms with Crippen LogP contribution in [0.3, 0.4) is 0 Å². The fourth-order valence-corrected chi connectivity index (χ4v) is 3.29. The van der Waals surface area contributed by atoms with Crippen LogP contribution in [-0.4, -0.2) is 42.6 Å². The van der Waals surface area contributed by atoms with Crippen molar-refractivity contribution in [2.75, 3.05) is 19.8 Å². The number of hydrogen-bond donors (Lipinski definition) is 0. The largest absolute Gasteiger partial charge is 0.494 e. The lowest BCUT2D eigenvalue weighted by atomic mass is 10.1. The van der Waals surface area contributed by atoms with Gasteiger partial charge >= 0.3 is 5.97 Å². The Morgan fingerprint density at radius 2 is 1.85 bits per heavy atom. The Bertz CT molecular complexity index is 618. The number of nitrogens with zero attached hydrogens (tertiary/aromatic N) is 1. The molecular weight excluding hydrogens is 342 g/mol. The van der Waals surface area contributed by atoms with Crippen LogP contribution >= 0.6 is 0 Å². The topological polar surface area (TPSA) is 55.8 Å². The first-order chi connectivity index (χ1) is 13.1. The lowest BCUT2D eigenvalue weighted by Crippen LogP contribution is -2.39. The summed E-state index contributed by atoms with van der Waals surface area (Å²) in [5.74, 6) is 0.541. The van der Waals surface area contributed by atoms with Gasteiger partial charge in [0.25, 0.3) is 0 Å². The highest BCUT2D eigenvalue weighted by Crippen LogP contribution is 2.24. The quantitative estimate of drug-likeness (QED) is 0.455. The molecule has 0 aromatic heterocycles. The van der Waals surface area contributed by atoms with Gasteiger partial charge in [0.05, 0.1) is 19.6 Å². The summed E-state index contributed by atoms with van der Waals surface area (Å²) in [6.07, 6.45) is 8.92. The number of esters is 1. The minimum atomic E-state index is -0.250. The monoisotopic (exact) mass is 373 g/mol. The predicted molar refractivity (Wildman–Crippen MR) is 106 cm³/mol. The van der Waals surface area contributed by atoms with Crippen LogP contribution in [-0.2, 0) is 14.3 Å². The van der Waals surface area contributed by atoms with Crippen molar-refractivity contribution in [3.05, 3.63) is 35.9 Å². The van der Waals surface area contributed by atoms with Gasteiger partial charge in [-0.25, -0.2) is 0 Å². The minimum Gasteiger partial charge on any atom is -0.494 e. The summed E-state index contributed by atoms with van der Waals surface area (Å²) >= 11 is 0. The average molecular weight is 373 g/mol. The second kappa shape index (κ2) is 11.4. The van der Waals surface area contributed by atoms with Crippen LogP contribution in [0.15, 0.2) is 30.3 Å². The van der Waals surface area contributed by atoms with E-state index in [2.05, 4.69) is 6.92 Å². The van der Waals surface area contributed by atoms with E-state index in [1.54, 1.807) is 13.0 Å². The second-order valence-corrected chi connectivity index (χ2v) is 6.78. The van der Waals surface area contributed by atoms with Crippen molar-refractivity contribution >= 4 is 18.0 Å².